The summed E-state index contributed by atoms with van der Waals surface area (Å²) in [7, 11) is 0. The number of pyridine rings is 1. The van der Waals surface area contributed by atoms with Crippen LogP contribution in [0.15, 0.2) is 30.5 Å². The van der Waals surface area contributed by atoms with Crippen LogP contribution in [0.25, 0.3) is 0 Å². The first-order valence-electron chi connectivity index (χ1n) is 7.02. The quantitative estimate of drug-likeness (QED) is 0.854. The minimum absolute atomic E-state index is 0.102. The molecule has 1 aliphatic heterocycles. The Morgan fingerprint density at radius 2 is 2.04 bits per heavy atom. The van der Waals surface area contributed by atoms with E-state index in [-0.39, 0.29) is 12.4 Å². The third-order valence-corrected chi connectivity index (χ3v) is 3.53. The Morgan fingerprint density at radius 3 is 2.75 bits per heavy atom. The van der Waals surface area contributed by atoms with Gasteiger partial charge >= 0.3 is 5.97 Å². The molecule has 1 N–H and O–H groups in total. The minimum atomic E-state index is -0.630. The van der Waals surface area contributed by atoms with Crippen LogP contribution in [-0.2, 0) is 9.53 Å². The van der Waals surface area contributed by atoms with Crippen LogP contribution in [0.4, 0.5) is 5.69 Å². The van der Waals surface area contributed by atoms with E-state index in [2.05, 4.69) is 10.3 Å². The predicted octanol–water partition coefficient (Wildman–Crippen LogP) is 2.57. The van der Waals surface area contributed by atoms with E-state index in [1.165, 1.54) is 6.20 Å². The van der Waals surface area contributed by atoms with Crippen molar-refractivity contribution < 1.29 is 23.8 Å². The summed E-state index contributed by atoms with van der Waals surface area (Å²) in [6.07, 6.45) is 1.39. The zero-order valence-electron chi connectivity index (χ0n) is 12.7. The first-order valence-corrected chi connectivity index (χ1v) is 7.39. The molecule has 2 heterocycles. The summed E-state index contributed by atoms with van der Waals surface area (Å²) < 4.78 is 15.3. The number of esters is 1. The fourth-order valence-corrected chi connectivity index (χ4v) is 2.20. The van der Waals surface area contributed by atoms with E-state index in [0.717, 1.165) is 5.69 Å². The molecule has 0 unspecified atom stereocenters. The molecule has 0 aliphatic carbocycles. The van der Waals surface area contributed by atoms with Crippen LogP contribution >= 0.6 is 11.6 Å². The largest absolute Gasteiger partial charge is 0.454 e. The van der Waals surface area contributed by atoms with Crippen molar-refractivity contribution in [2.75, 3.05) is 18.7 Å². The van der Waals surface area contributed by atoms with Crippen molar-refractivity contribution in [1.82, 2.24) is 4.98 Å². The standard InChI is InChI=1S/C16H13ClN2O5/c1-9-2-3-10(6-18-9)16(21)22-7-15(20)19-12-5-14-13(4-11(12)17)23-8-24-14/h2-6H,7-8H2,1H3,(H,19,20). The zero-order valence-corrected chi connectivity index (χ0v) is 13.4. The van der Waals surface area contributed by atoms with E-state index in [0.29, 0.717) is 22.2 Å². The number of ether oxygens (including phenoxy) is 3. The topological polar surface area (TPSA) is 86.8 Å². The number of nitrogens with one attached hydrogen (secondary N) is 1. The molecular weight excluding hydrogens is 336 g/mol. The minimum Gasteiger partial charge on any atom is -0.454 e. The van der Waals surface area contributed by atoms with Crippen molar-refractivity contribution in [2.45, 2.75) is 6.92 Å². The third-order valence-electron chi connectivity index (χ3n) is 3.22. The molecule has 0 saturated heterocycles. The first kappa shape index (κ1) is 16.1. The maximum atomic E-state index is 11.9. The highest BCUT2D eigenvalue weighted by molar-refractivity contribution is 6.34. The van der Waals surface area contributed by atoms with Crippen LogP contribution in [0.3, 0.4) is 0 Å². The molecule has 1 aromatic carbocycles. The smallest absolute Gasteiger partial charge is 0.340 e. The summed E-state index contributed by atoms with van der Waals surface area (Å²) in [5.41, 5.74) is 1.40. The molecule has 3 rings (SSSR count). The van der Waals surface area contributed by atoms with Crippen molar-refractivity contribution in [1.29, 1.82) is 0 Å². The molecule has 124 valence electrons. The Labute approximate surface area is 142 Å². The van der Waals surface area contributed by atoms with Crippen molar-refractivity contribution in [3.8, 4) is 11.5 Å². The number of benzene rings is 1. The van der Waals surface area contributed by atoms with Gasteiger partial charge in [-0.25, -0.2) is 4.79 Å². The van der Waals surface area contributed by atoms with Gasteiger partial charge in [0.05, 0.1) is 16.3 Å². The third kappa shape index (κ3) is 3.57. The number of halogens is 1. The lowest BCUT2D eigenvalue weighted by Crippen LogP contribution is -2.21. The first-order chi connectivity index (χ1) is 11.5. The zero-order chi connectivity index (χ0) is 17.1. The second-order valence-electron chi connectivity index (χ2n) is 5.00. The van der Waals surface area contributed by atoms with E-state index in [9.17, 15) is 9.59 Å². The van der Waals surface area contributed by atoms with Crippen molar-refractivity contribution in [3.05, 3.63) is 46.7 Å². The molecule has 0 radical (unpaired) electrons. The second-order valence-corrected chi connectivity index (χ2v) is 5.41. The van der Waals surface area contributed by atoms with Crippen LogP contribution in [0, 0.1) is 6.92 Å². The average molecular weight is 349 g/mol. The van der Waals surface area contributed by atoms with Gasteiger partial charge in [0.15, 0.2) is 18.1 Å². The molecule has 0 bridgehead atoms. The molecule has 7 nitrogen and oxygen atoms in total. The number of aryl methyl sites for hydroxylation is 1. The number of carbonyl (C=O) groups excluding carboxylic acids is 2. The number of anilines is 1. The molecule has 0 fully saturated rings. The van der Waals surface area contributed by atoms with Gasteiger partial charge in [0.2, 0.25) is 6.79 Å². The molecule has 8 heteroatoms. The van der Waals surface area contributed by atoms with Gasteiger partial charge in [-0.2, -0.15) is 0 Å². The highest BCUT2D eigenvalue weighted by Gasteiger charge is 2.18. The monoisotopic (exact) mass is 348 g/mol. The normalized spacial score (nSPS) is 11.9. The van der Waals surface area contributed by atoms with Crippen LogP contribution in [0.2, 0.25) is 5.02 Å². The number of carbonyl (C=O) groups is 2. The van der Waals surface area contributed by atoms with Gasteiger partial charge in [-0.05, 0) is 19.1 Å². The highest BCUT2D eigenvalue weighted by Crippen LogP contribution is 2.39. The van der Waals surface area contributed by atoms with E-state index in [1.807, 2.05) is 0 Å². The Bertz CT molecular complexity index is 792. The maximum absolute atomic E-state index is 11.9. The predicted molar refractivity (Wildman–Crippen MR) is 85.5 cm³/mol. The number of aromatic nitrogens is 1. The molecular formula is C16H13ClN2O5. The lowest BCUT2D eigenvalue weighted by atomic mass is 10.2. The Hall–Kier alpha value is -2.80. The summed E-state index contributed by atoms with van der Waals surface area (Å²) in [4.78, 5) is 27.7. The summed E-state index contributed by atoms with van der Waals surface area (Å²) in [6.45, 7) is 1.46. The number of fused-ring (bicyclic) bond motifs is 1. The van der Waals surface area contributed by atoms with Gasteiger partial charge in [-0.15, -0.1) is 0 Å². The summed E-state index contributed by atoms with van der Waals surface area (Å²) >= 11 is 6.06. The summed E-state index contributed by atoms with van der Waals surface area (Å²) in [5.74, 6) is -0.160. The molecule has 0 saturated carbocycles. The molecule has 24 heavy (non-hydrogen) atoms. The van der Waals surface area contributed by atoms with E-state index >= 15 is 0 Å². The van der Waals surface area contributed by atoms with Crippen molar-refractivity contribution in [2.24, 2.45) is 0 Å². The molecule has 2 aromatic rings. The molecule has 1 amide bonds. The van der Waals surface area contributed by atoms with Crippen LogP contribution < -0.4 is 14.8 Å². The fraction of sp³-hybridized carbons (Fsp3) is 0.188. The highest BCUT2D eigenvalue weighted by atomic mass is 35.5. The second kappa shape index (κ2) is 6.76. The maximum Gasteiger partial charge on any atom is 0.340 e. The van der Waals surface area contributed by atoms with Crippen molar-refractivity contribution >= 4 is 29.2 Å². The Kier molecular flexibility index (Phi) is 4.52. The van der Waals surface area contributed by atoms with Crippen LogP contribution in [-0.4, -0.2) is 30.3 Å². The van der Waals surface area contributed by atoms with Gasteiger partial charge in [0, 0.05) is 24.0 Å². The van der Waals surface area contributed by atoms with Gasteiger partial charge in [0.1, 0.15) is 0 Å². The van der Waals surface area contributed by atoms with Gasteiger partial charge < -0.3 is 19.5 Å². The number of hydrogen-bond acceptors (Lipinski definition) is 6. The van der Waals surface area contributed by atoms with Crippen LogP contribution in [0.1, 0.15) is 16.1 Å². The molecule has 0 spiro atoms. The SMILES string of the molecule is Cc1ccc(C(=O)OCC(=O)Nc2cc3c(cc2Cl)OCO3)cn1. The number of rotatable bonds is 4. The van der Waals surface area contributed by atoms with E-state index in [4.69, 9.17) is 25.8 Å². The lowest BCUT2D eigenvalue weighted by molar-refractivity contribution is -0.119. The molecule has 0 atom stereocenters. The summed E-state index contributed by atoms with van der Waals surface area (Å²) in [6, 6.07) is 6.36. The number of amides is 1. The lowest BCUT2D eigenvalue weighted by Gasteiger charge is -2.09. The van der Waals surface area contributed by atoms with Gasteiger partial charge in [0.25, 0.3) is 5.91 Å². The Morgan fingerprint density at radius 1 is 1.29 bits per heavy atom. The summed E-state index contributed by atoms with van der Waals surface area (Å²) in [5, 5.41) is 2.85. The van der Waals surface area contributed by atoms with Gasteiger partial charge in [-0.1, -0.05) is 11.6 Å². The van der Waals surface area contributed by atoms with Gasteiger partial charge in [-0.3, -0.25) is 9.78 Å². The Balaban J connectivity index is 1.58. The van der Waals surface area contributed by atoms with E-state index < -0.39 is 18.5 Å². The van der Waals surface area contributed by atoms with Crippen molar-refractivity contribution in [3.63, 3.8) is 0 Å². The fourth-order valence-electron chi connectivity index (χ4n) is 2.00. The number of hydrogen-bond donors (Lipinski definition) is 1. The molecule has 1 aromatic heterocycles. The number of nitrogens with zero attached hydrogens (tertiary/aromatic N) is 1. The molecule has 1 aliphatic rings. The van der Waals surface area contributed by atoms with E-state index in [1.54, 1.807) is 31.2 Å². The average Bonchev–Trinajstić information content (AvgIpc) is 3.00. The van der Waals surface area contributed by atoms with Crippen LogP contribution in [0.5, 0.6) is 11.5 Å².